The van der Waals surface area contributed by atoms with Crippen molar-refractivity contribution in [3.05, 3.63) is 35.6 Å². The molecule has 122 valence electrons. The topological polar surface area (TPSA) is 24.5 Å². The average Bonchev–Trinajstić information content (AvgIpc) is 2.93. The minimum absolute atomic E-state index is 0.167. The summed E-state index contributed by atoms with van der Waals surface area (Å²) in [6.45, 7) is 8.28. The van der Waals surface area contributed by atoms with Crippen LogP contribution in [0.2, 0.25) is 0 Å². The van der Waals surface area contributed by atoms with Gasteiger partial charge in [-0.15, -0.1) is 0 Å². The largest absolute Gasteiger partial charge is 0.372 e. The summed E-state index contributed by atoms with van der Waals surface area (Å²) in [7, 11) is 0. The second-order valence-electron chi connectivity index (χ2n) is 7.14. The molecule has 2 saturated heterocycles. The quantitative estimate of drug-likeness (QED) is 0.905. The van der Waals surface area contributed by atoms with Crippen molar-refractivity contribution < 1.29 is 9.13 Å². The highest BCUT2D eigenvalue weighted by Gasteiger charge is 2.32. The molecule has 0 saturated carbocycles. The molecule has 2 atom stereocenters. The maximum atomic E-state index is 13.6. The first-order chi connectivity index (χ1) is 10.6. The third-order valence-corrected chi connectivity index (χ3v) is 4.96. The molecular weight excluding hydrogens is 279 g/mol. The Morgan fingerprint density at radius 1 is 1.41 bits per heavy atom. The maximum Gasteiger partial charge on any atom is 0.128 e. The average molecular weight is 306 g/mol. The molecule has 0 amide bonds. The number of nitrogens with zero attached hydrogens (tertiary/aromatic N) is 1. The van der Waals surface area contributed by atoms with Crippen LogP contribution in [0.15, 0.2) is 24.3 Å². The molecule has 0 aliphatic carbocycles. The van der Waals surface area contributed by atoms with Gasteiger partial charge in [0.05, 0.1) is 12.7 Å². The van der Waals surface area contributed by atoms with Crippen LogP contribution in [-0.4, -0.2) is 43.7 Å². The summed E-state index contributed by atoms with van der Waals surface area (Å²) in [6.07, 6.45) is 3.74. The first-order valence-electron chi connectivity index (χ1n) is 8.43. The van der Waals surface area contributed by atoms with Gasteiger partial charge in [-0.05, 0) is 43.8 Å². The van der Waals surface area contributed by atoms with E-state index in [9.17, 15) is 4.39 Å². The van der Waals surface area contributed by atoms with Crippen LogP contribution in [0.5, 0.6) is 0 Å². The zero-order valence-electron chi connectivity index (χ0n) is 13.5. The van der Waals surface area contributed by atoms with Gasteiger partial charge < -0.3 is 15.0 Å². The highest BCUT2D eigenvalue weighted by Crippen LogP contribution is 2.27. The third-order valence-electron chi connectivity index (χ3n) is 4.96. The Balaban J connectivity index is 1.49. The van der Waals surface area contributed by atoms with E-state index in [2.05, 4.69) is 17.1 Å². The van der Waals surface area contributed by atoms with E-state index in [1.165, 1.54) is 18.9 Å². The molecule has 4 heteroatoms. The fourth-order valence-electron chi connectivity index (χ4n) is 3.66. The van der Waals surface area contributed by atoms with Crippen LogP contribution in [0, 0.1) is 11.2 Å². The van der Waals surface area contributed by atoms with Crippen LogP contribution in [-0.2, 0) is 11.3 Å². The minimum Gasteiger partial charge on any atom is -0.372 e. The summed E-state index contributed by atoms with van der Waals surface area (Å²) in [6, 6.07) is 6.89. The van der Waals surface area contributed by atoms with Gasteiger partial charge in [0.15, 0.2) is 0 Å². The molecule has 1 aromatic rings. The molecule has 1 aromatic carbocycles. The molecule has 1 unspecified atom stereocenters. The Labute approximate surface area is 132 Å². The second-order valence-corrected chi connectivity index (χ2v) is 7.14. The van der Waals surface area contributed by atoms with E-state index in [4.69, 9.17) is 4.74 Å². The monoisotopic (exact) mass is 306 g/mol. The van der Waals surface area contributed by atoms with E-state index in [0.29, 0.717) is 17.6 Å². The van der Waals surface area contributed by atoms with Crippen LogP contribution in [0.25, 0.3) is 0 Å². The zero-order chi connectivity index (χ0) is 15.4. The van der Waals surface area contributed by atoms with Gasteiger partial charge in [-0.1, -0.05) is 25.1 Å². The molecule has 2 heterocycles. The molecule has 0 bridgehead atoms. The molecular formula is C18H27FN2O. The van der Waals surface area contributed by atoms with Crippen molar-refractivity contribution in [2.75, 3.05) is 32.7 Å². The van der Waals surface area contributed by atoms with Gasteiger partial charge in [0, 0.05) is 25.2 Å². The van der Waals surface area contributed by atoms with Gasteiger partial charge in [-0.2, -0.15) is 0 Å². The summed E-state index contributed by atoms with van der Waals surface area (Å²) in [4.78, 5) is 2.53. The number of rotatable bonds is 5. The van der Waals surface area contributed by atoms with Gasteiger partial charge in [-0.3, -0.25) is 0 Å². The number of hydrogen-bond donors (Lipinski definition) is 1. The van der Waals surface area contributed by atoms with Crippen LogP contribution in [0.4, 0.5) is 4.39 Å². The fraction of sp³-hybridized carbons (Fsp3) is 0.667. The highest BCUT2D eigenvalue weighted by atomic mass is 19.1. The molecule has 2 aliphatic rings. The lowest BCUT2D eigenvalue weighted by Gasteiger charge is -2.37. The molecule has 3 rings (SSSR count). The predicted octanol–water partition coefficient (Wildman–Crippen LogP) is 2.81. The fourth-order valence-corrected chi connectivity index (χ4v) is 3.66. The zero-order valence-corrected chi connectivity index (χ0v) is 13.5. The standard InChI is InChI=1S/C18H27FN2O/c1-18(8-9-20-13-18)14-21-10-4-6-16(11-21)22-12-15-5-2-3-7-17(15)19/h2-3,5,7,16,20H,4,6,8-14H2,1H3/t16-,18?/m0/s1. The molecule has 2 aliphatic heterocycles. The van der Waals surface area contributed by atoms with Crippen molar-refractivity contribution in [1.82, 2.24) is 10.2 Å². The van der Waals surface area contributed by atoms with Crippen molar-refractivity contribution in [3.8, 4) is 0 Å². The van der Waals surface area contributed by atoms with Crippen molar-refractivity contribution in [3.63, 3.8) is 0 Å². The summed E-state index contributed by atoms with van der Waals surface area (Å²) < 4.78 is 19.6. The van der Waals surface area contributed by atoms with Crippen LogP contribution >= 0.6 is 0 Å². The van der Waals surface area contributed by atoms with Crippen LogP contribution in [0.3, 0.4) is 0 Å². The highest BCUT2D eigenvalue weighted by molar-refractivity contribution is 5.16. The SMILES string of the molecule is CC1(CN2CCC[C@H](OCc3ccccc3F)C2)CCNC1. The van der Waals surface area contributed by atoms with Gasteiger partial charge in [-0.25, -0.2) is 4.39 Å². The lowest BCUT2D eigenvalue weighted by atomic mass is 9.88. The first kappa shape index (κ1) is 15.9. The third kappa shape index (κ3) is 4.06. The number of nitrogens with one attached hydrogen (secondary N) is 1. The Morgan fingerprint density at radius 3 is 3.05 bits per heavy atom. The molecule has 1 N–H and O–H groups in total. The van der Waals surface area contributed by atoms with Gasteiger partial charge in [0.25, 0.3) is 0 Å². The van der Waals surface area contributed by atoms with Gasteiger partial charge in [0.2, 0.25) is 0 Å². The molecule has 3 nitrogen and oxygen atoms in total. The number of benzene rings is 1. The van der Waals surface area contributed by atoms with E-state index < -0.39 is 0 Å². The predicted molar refractivity (Wildman–Crippen MR) is 86.2 cm³/mol. The summed E-state index contributed by atoms with van der Waals surface area (Å²) in [5.74, 6) is -0.167. The van der Waals surface area contributed by atoms with E-state index in [-0.39, 0.29) is 11.9 Å². The smallest absolute Gasteiger partial charge is 0.128 e. The lowest BCUT2D eigenvalue weighted by molar-refractivity contribution is -0.0187. The molecule has 0 radical (unpaired) electrons. The summed E-state index contributed by atoms with van der Waals surface area (Å²) in [5, 5.41) is 3.47. The Morgan fingerprint density at radius 2 is 2.27 bits per heavy atom. The maximum absolute atomic E-state index is 13.6. The van der Waals surface area contributed by atoms with Crippen molar-refractivity contribution >= 4 is 0 Å². The van der Waals surface area contributed by atoms with Gasteiger partial charge >= 0.3 is 0 Å². The molecule has 0 spiro atoms. The van der Waals surface area contributed by atoms with Crippen molar-refractivity contribution in [2.24, 2.45) is 5.41 Å². The summed E-state index contributed by atoms with van der Waals surface area (Å²) >= 11 is 0. The second kappa shape index (κ2) is 7.07. The number of piperidine rings is 1. The number of ether oxygens (including phenoxy) is 1. The van der Waals surface area contributed by atoms with Crippen molar-refractivity contribution in [1.29, 1.82) is 0 Å². The Bertz CT molecular complexity index is 488. The number of hydrogen-bond acceptors (Lipinski definition) is 3. The molecule has 22 heavy (non-hydrogen) atoms. The lowest BCUT2D eigenvalue weighted by Crippen LogP contribution is -2.45. The Hall–Kier alpha value is -0.970. The van der Waals surface area contributed by atoms with E-state index in [1.54, 1.807) is 12.1 Å². The van der Waals surface area contributed by atoms with Crippen LogP contribution in [0.1, 0.15) is 31.7 Å². The molecule has 2 fully saturated rings. The first-order valence-corrected chi connectivity index (χ1v) is 8.43. The van der Waals surface area contributed by atoms with Crippen molar-refractivity contribution in [2.45, 2.75) is 38.9 Å². The van der Waals surface area contributed by atoms with Gasteiger partial charge in [0.1, 0.15) is 5.82 Å². The summed E-state index contributed by atoms with van der Waals surface area (Å²) in [5.41, 5.74) is 1.06. The number of likely N-dealkylation sites (tertiary alicyclic amines) is 1. The van der Waals surface area contributed by atoms with E-state index >= 15 is 0 Å². The minimum atomic E-state index is -0.167. The van der Waals surface area contributed by atoms with E-state index in [1.807, 2.05) is 6.07 Å². The number of halogens is 1. The molecule has 0 aromatic heterocycles. The van der Waals surface area contributed by atoms with E-state index in [0.717, 1.165) is 39.1 Å². The van der Waals surface area contributed by atoms with Crippen LogP contribution < -0.4 is 5.32 Å². The normalized spacial score (nSPS) is 29.8. The Kier molecular flexibility index (Phi) is 5.11.